The molecular formula is C21H22N2. The second kappa shape index (κ2) is 6.66. The zero-order valence-corrected chi connectivity index (χ0v) is 13.9. The summed E-state index contributed by atoms with van der Waals surface area (Å²) in [6.45, 7) is 6.44. The first-order valence-corrected chi connectivity index (χ1v) is 8.08. The lowest BCUT2D eigenvalue weighted by Crippen LogP contribution is -2.00. The molecule has 0 aliphatic carbocycles. The summed E-state index contributed by atoms with van der Waals surface area (Å²) in [5, 5.41) is 0. The number of hydrogen-bond donors (Lipinski definition) is 0. The molecule has 0 aliphatic heterocycles. The number of benzene rings is 2. The summed E-state index contributed by atoms with van der Waals surface area (Å²) >= 11 is 0. The summed E-state index contributed by atoms with van der Waals surface area (Å²) in [5.41, 5.74) is 4.56. The van der Waals surface area contributed by atoms with Crippen LogP contribution in [0.3, 0.4) is 0 Å². The second-order valence-corrected chi connectivity index (χ2v) is 5.90. The van der Waals surface area contributed by atoms with Crippen LogP contribution in [0, 0.1) is 0 Å². The Kier molecular flexibility index (Phi) is 4.42. The Hall–Kier alpha value is -2.61. The van der Waals surface area contributed by atoms with Crippen molar-refractivity contribution in [3.8, 4) is 17.1 Å². The predicted octanol–water partition coefficient (Wildman–Crippen LogP) is 5.70. The molecule has 23 heavy (non-hydrogen) atoms. The quantitative estimate of drug-likeness (QED) is 0.605. The maximum absolute atomic E-state index is 4.99. The number of nitrogens with zero attached hydrogens (tertiary/aromatic N) is 2. The van der Waals surface area contributed by atoms with E-state index in [4.69, 9.17) is 4.98 Å². The maximum Gasteiger partial charge on any atom is 0.145 e. The van der Waals surface area contributed by atoms with E-state index in [9.17, 15) is 0 Å². The van der Waals surface area contributed by atoms with Gasteiger partial charge < -0.3 is 0 Å². The van der Waals surface area contributed by atoms with Gasteiger partial charge in [-0.1, -0.05) is 68.5 Å². The van der Waals surface area contributed by atoms with Crippen molar-refractivity contribution in [3.63, 3.8) is 0 Å². The van der Waals surface area contributed by atoms with Gasteiger partial charge in [-0.2, -0.15) is 0 Å². The van der Waals surface area contributed by atoms with E-state index in [2.05, 4.69) is 86.0 Å². The molecule has 0 bridgehead atoms. The minimum Gasteiger partial charge on any atom is -0.293 e. The molecule has 0 fully saturated rings. The number of allylic oxidation sites excluding steroid dienone is 1. The SMILES string of the molecule is C/C=C/c1c(C(C)C)nc(-c2ccccc2)n1-c1ccccc1. The average Bonchev–Trinajstić information content (AvgIpc) is 2.96. The summed E-state index contributed by atoms with van der Waals surface area (Å²) in [4.78, 5) is 4.99. The van der Waals surface area contributed by atoms with Crippen LogP contribution in [0.25, 0.3) is 23.2 Å². The molecule has 0 atom stereocenters. The zero-order valence-electron chi connectivity index (χ0n) is 13.9. The lowest BCUT2D eigenvalue weighted by Gasteiger charge is -2.11. The average molecular weight is 302 g/mol. The fraction of sp³-hybridized carbons (Fsp3) is 0.190. The third-order valence-electron chi connectivity index (χ3n) is 3.86. The Morgan fingerprint density at radius 2 is 1.52 bits per heavy atom. The Labute approximate surface area is 138 Å². The molecule has 0 amide bonds. The molecule has 2 nitrogen and oxygen atoms in total. The Bertz CT molecular complexity index is 797. The number of imidazole rings is 1. The minimum absolute atomic E-state index is 0.369. The molecule has 0 N–H and O–H groups in total. The van der Waals surface area contributed by atoms with E-state index in [0.29, 0.717) is 5.92 Å². The fourth-order valence-electron chi connectivity index (χ4n) is 2.81. The maximum atomic E-state index is 4.99. The van der Waals surface area contributed by atoms with E-state index in [1.807, 2.05) is 12.1 Å². The number of para-hydroxylation sites is 1. The highest BCUT2D eigenvalue weighted by molar-refractivity contribution is 5.65. The molecule has 0 saturated carbocycles. The van der Waals surface area contributed by atoms with Crippen molar-refractivity contribution in [2.45, 2.75) is 26.7 Å². The van der Waals surface area contributed by atoms with Gasteiger partial charge in [0.2, 0.25) is 0 Å². The molecule has 3 rings (SSSR count). The van der Waals surface area contributed by atoms with Crippen LogP contribution in [0.1, 0.15) is 38.1 Å². The van der Waals surface area contributed by atoms with Crippen LogP contribution >= 0.6 is 0 Å². The molecule has 1 aromatic heterocycles. The van der Waals surface area contributed by atoms with Gasteiger partial charge in [-0.25, -0.2) is 4.98 Å². The van der Waals surface area contributed by atoms with Crippen molar-refractivity contribution in [2.75, 3.05) is 0 Å². The van der Waals surface area contributed by atoms with E-state index in [1.165, 1.54) is 0 Å². The third kappa shape index (κ3) is 2.98. The van der Waals surface area contributed by atoms with Gasteiger partial charge in [0.05, 0.1) is 11.4 Å². The highest BCUT2D eigenvalue weighted by atomic mass is 15.1. The van der Waals surface area contributed by atoms with Crippen molar-refractivity contribution in [1.82, 2.24) is 9.55 Å². The van der Waals surface area contributed by atoms with Gasteiger partial charge in [-0.3, -0.25) is 4.57 Å². The Morgan fingerprint density at radius 1 is 0.913 bits per heavy atom. The van der Waals surface area contributed by atoms with Crippen LogP contribution in [0.5, 0.6) is 0 Å². The van der Waals surface area contributed by atoms with Gasteiger partial charge in [-0.15, -0.1) is 0 Å². The van der Waals surface area contributed by atoms with Crippen molar-refractivity contribution in [1.29, 1.82) is 0 Å². The number of hydrogen-bond acceptors (Lipinski definition) is 1. The normalized spacial score (nSPS) is 11.5. The van der Waals surface area contributed by atoms with Crippen LogP contribution in [0.2, 0.25) is 0 Å². The van der Waals surface area contributed by atoms with E-state index in [0.717, 1.165) is 28.5 Å². The van der Waals surface area contributed by atoms with Crippen LogP contribution in [0.4, 0.5) is 0 Å². The monoisotopic (exact) mass is 302 g/mol. The first-order chi connectivity index (χ1) is 11.2. The molecule has 0 aliphatic rings. The summed E-state index contributed by atoms with van der Waals surface area (Å²) in [5.74, 6) is 1.36. The van der Waals surface area contributed by atoms with E-state index >= 15 is 0 Å². The van der Waals surface area contributed by atoms with Gasteiger partial charge in [0, 0.05) is 11.3 Å². The molecule has 2 aromatic carbocycles. The van der Waals surface area contributed by atoms with Crippen LogP contribution in [-0.2, 0) is 0 Å². The van der Waals surface area contributed by atoms with Gasteiger partial charge in [0.1, 0.15) is 5.82 Å². The van der Waals surface area contributed by atoms with Crippen molar-refractivity contribution in [2.24, 2.45) is 0 Å². The van der Waals surface area contributed by atoms with Gasteiger partial charge in [-0.05, 0) is 31.1 Å². The Morgan fingerprint density at radius 3 is 2.09 bits per heavy atom. The Balaban J connectivity index is 2.33. The standard InChI is InChI=1S/C21H22N2/c1-4-11-19-20(16(2)3)22-21(17-12-7-5-8-13-17)23(19)18-14-9-6-10-15-18/h4-16H,1-3H3/b11-4+. The highest BCUT2D eigenvalue weighted by Crippen LogP contribution is 2.30. The zero-order chi connectivity index (χ0) is 16.2. The van der Waals surface area contributed by atoms with Crippen LogP contribution in [0.15, 0.2) is 66.7 Å². The summed E-state index contributed by atoms with van der Waals surface area (Å²) in [6.07, 6.45) is 4.23. The molecule has 0 unspecified atom stereocenters. The molecule has 0 saturated heterocycles. The topological polar surface area (TPSA) is 17.8 Å². The lowest BCUT2D eigenvalue weighted by molar-refractivity contribution is 0.828. The van der Waals surface area contributed by atoms with Gasteiger partial charge in [0.15, 0.2) is 0 Å². The predicted molar refractivity (Wildman–Crippen MR) is 97.8 cm³/mol. The molecule has 1 heterocycles. The van der Waals surface area contributed by atoms with Crippen molar-refractivity contribution >= 4 is 6.08 Å². The van der Waals surface area contributed by atoms with Crippen molar-refractivity contribution < 1.29 is 0 Å². The second-order valence-electron chi connectivity index (χ2n) is 5.90. The van der Waals surface area contributed by atoms with E-state index < -0.39 is 0 Å². The van der Waals surface area contributed by atoms with E-state index in [-0.39, 0.29) is 0 Å². The van der Waals surface area contributed by atoms with Crippen LogP contribution in [-0.4, -0.2) is 9.55 Å². The van der Waals surface area contributed by atoms with E-state index in [1.54, 1.807) is 0 Å². The highest BCUT2D eigenvalue weighted by Gasteiger charge is 2.19. The summed E-state index contributed by atoms with van der Waals surface area (Å²) in [7, 11) is 0. The molecule has 3 aromatic rings. The lowest BCUT2D eigenvalue weighted by atomic mass is 10.1. The molecule has 2 heteroatoms. The van der Waals surface area contributed by atoms with Gasteiger partial charge >= 0.3 is 0 Å². The molecular weight excluding hydrogens is 280 g/mol. The summed E-state index contributed by atoms with van der Waals surface area (Å²) in [6, 6.07) is 20.8. The summed E-state index contributed by atoms with van der Waals surface area (Å²) < 4.78 is 2.25. The molecule has 0 radical (unpaired) electrons. The fourth-order valence-corrected chi connectivity index (χ4v) is 2.81. The smallest absolute Gasteiger partial charge is 0.145 e. The number of rotatable bonds is 4. The van der Waals surface area contributed by atoms with Gasteiger partial charge in [0.25, 0.3) is 0 Å². The third-order valence-corrected chi connectivity index (χ3v) is 3.86. The first-order valence-electron chi connectivity index (χ1n) is 8.08. The molecule has 0 spiro atoms. The number of aromatic nitrogens is 2. The largest absolute Gasteiger partial charge is 0.293 e. The minimum atomic E-state index is 0.369. The molecule has 116 valence electrons. The van der Waals surface area contributed by atoms with Crippen LogP contribution < -0.4 is 0 Å². The van der Waals surface area contributed by atoms with Crippen molar-refractivity contribution in [3.05, 3.63) is 78.1 Å². The first kappa shape index (κ1) is 15.3.